The van der Waals surface area contributed by atoms with Gasteiger partial charge in [-0.15, -0.1) is 0 Å². The van der Waals surface area contributed by atoms with Crippen molar-refractivity contribution in [2.75, 3.05) is 9.80 Å². The van der Waals surface area contributed by atoms with Gasteiger partial charge in [-0.25, -0.2) is 0 Å². The first-order valence-corrected chi connectivity index (χ1v) is 13.7. The van der Waals surface area contributed by atoms with Crippen molar-refractivity contribution in [3.05, 3.63) is 142 Å². The van der Waals surface area contributed by atoms with Crippen molar-refractivity contribution < 1.29 is 0 Å². The molecule has 2 heteroatoms. The van der Waals surface area contributed by atoms with Crippen molar-refractivity contribution in [2.24, 2.45) is 0 Å². The van der Waals surface area contributed by atoms with E-state index in [9.17, 15) is 0 Å². The molecule has 0 aromatic heterocycles. The molecule has 5 aromatic carbocycles. The zero-order valence-corrected chi connectivity index (χ0v) is 24.2. The average Bonchev–Trinajstić information content (AvgIpc) is 2.90. The highest BCUT2D eigenvalue weighted by atomic mass is 15.2. The molecule has 0 saturated carbocycles. The summed E-state index contributed by atoms with van der Waals surface area (Å²) in [5.41, 5.74) is 15.8. The second kappa shape index (κ2) is 10.8. The molecule has 0 fully saturated rings. The lowest BCUT2D eigenvalue weighted by Crippen LogP contribution is -2.18. The molecule has 5 rings (SSSR count). The van der Waals surface area contributed by atoms with E-state index < -0.39 is 0 Å². The molecular weight excluding hydrogens is 472 g/mol. The topological polar surface area (TPSA) is 6.48 Å². The average molecular weight is 511 g/mol. The summed E-state index contributed by atoms with van der Waals surface area (Å²) in [7, 11) is 0. The molecular formula is C37H38N2. The number of anilines is 6. The molecule has 0 aliphatic carbocycles. The fraction of sp³-hybridized carbons (Fsp3) is 0.189. The molecule has 5 aromatic rings. The summed E-state index contributed by atoms with van der Waals surface area (Å²) in [5.74, 6) is 0. The van der Waals surface area contributed by atoms with Crippen LogP contribution in [0.25, 0.3) is 0 Å². The zero-order chi connectivity index (χ0) is 27.7. The molecule has 0 radical (unpaired) electrons. The summed E-state index contributed by atoms with van der Waals surface area (Å²) in [6, 6.07) is 37.6. The van der Waals surface area contributed by atoms with Gasteiger partial charge in [-0.05, 0) is 125 Å². The van der Waals surface area contributed by atoms with Crippen LogP contribution in [-0.4, -0.2) is 0 Å². The first-order chi connectivity index (χ1) is 18.7. The summed E-state index contributed by atoms with van der Waals surface area (Å²) >= 11 is 0. The van der Waals surface area contributed by atoms with Crippen molar-refractivity contribution in [3.63, 3.8) is 0 Å². The minimum Gasteiger partial charge on any atom is -0.310 e. The number of benzene rings is 5. The lowest BCUT2D eigenvalue weighted by molar-refractivity contribution is 1.16. The second-order valence-corrected chi connectivity index (χ2v) is 10.9. The van der Waals surface area contributed by atoms with Crippen molar-refractivity contribution in [1.82, 2.24) is 0 Å². The van der Waals surface area contributed by atoms with Crippen LogP contribution < -0.4 is 9.80 Å². The van der Waals surface area contributed by atoms with Gasteiger partial charge in [0.05, 0.1) is 11.4 Å². The molecule has 0 unspecified atom stereocenters. The first kappa shape index (κ1) is 26.3. The van der Waals surface area contributed by atoms with Gasteiger partial charge in [0.15, 0.2) is 0 Å². The highest BCUT2D eigenvalue weighted by Gasteiger charge is 2.24. The van der Waals surface area contributed by atoms with Crippen molar-refractivity contribution in [2.45, 2.75) is 48.5 Å². The Morgan fingerprint density at radius 3 is 1.10 bits per heavy atom. The lowest BCUT2D eigenvalue weighted by Gasteiger charge is -2.34. The van der Waals surface area contributed by atoms with E-state index in [2.05, 4.69) is 161 Å². The highest BCUT2D eigenvalue weighted by molar-refractivity contribution is 5.89. The molecule has 0 N–H and O–H groups in total. The Kier molecular flexibility index (Phi) is 7.30. The minimum absolute atomic E-state index is 1.16. The molecule has 0 aliphatic rings. The van der Waals surface area contributed by atoms with Gasteiger partial charge in [0, 0.05) is 22.7 Å². The third-order valence-corrected chi connectivity index (χ3v) is 7.44. The van der Waals surface area contributed by atoms with Crippen LogP contribution in [0, 0.1) is 48.5 Å². The van der Waals surface area contributed by atoms with Crippen LogP contribution in [0.5, 0.6) is 0 Å². The van der Waals surface area contributed by atoms with Gasteiger partial charge in [0.25, 0.3) is 0 Å². The van der Waals surface area contributed by atoms with Gasteiger partial charge in [0.1, 0.15) is 0 Å². The predicted octanol–water partition coefficient (Wildman–Crippen LogP) is 10.8. The second-order valence-electron chi connectivity index (χ2n) is 10.9. The maximum absolute atomic E-state index is 2.42. The van der Waals surface area contributed by atoms with Crippen LogP contribution in [0.1, 0.15) is 38.9 Å². The molecule has 0 saturated heterocycles. The lowest BCUT2D eigenvalue weighted by atomic mass is 9.97. The maximum Gasteiger partial charge on any atom is 0.0541 e. The van der Waals surface area contributed by atoms with E-state index in [0.717, 1.165) is 22.7 Å². The third kappa shape index (κ3) is 5.33. The van der Waals surface area contributed by atoms with E-state index in [-0.39, 0.29) is 0 Å². The molecule has 0 heterocycles. The fourth-order valence-electron chi connectivity index (χ4n) is 5.59. The Labute approximate surface area is 234 Å². The van der Waals surface area contributed by atoms with Crippen molar-refractivity contribution in [3.8, 4) is 0 Å². The first-order valence-electron chi connectivity index (χ1n) is 13.7. The Balaban J connectivity index is 1.81. The highest BCUT2D eigenvalue weighted by Crippen LogP contribution is 2.47. The zero-order valence-electron chi connectivity index (χ0n) is 24.2. The van der Waals surface area contributed by atoms with Gasteiger partial charge in [-0.2, -0.15) is 0 Å². The van der Waals surface area contributed by atoms with Crippen molar-refractivity contribution >= 4 is 34.1 Å². The van der Waals surface area contributed by atoms with E-state index in [1.807, 2.05) is 0 Å². The van der Waals surface area contributed by atoms with Gasteiger partial charge in [-0.3, -0.25) is 0 Å². The largest absolute Gasteiger partial charge is 0.310 e. The van der Waals surface area contributed by atoms with E-state index in [1.54, 1.807) is 0 Å². The van der Waals surface area contributed by atoms with Crippen LogP contribution in [0.15, 0.2) is 103 Å². The fourth-order valence-corrected chi connectivity index (χ4v) is 5.59. The maximum atomic E-state index is 2.42. The normalized spacial score (nSPS) is 10.9. The predicted molar refractivity (Wildman–Crippen MR) is 169 cm³/mol. The third-order valence-electron chi connectivity index (χ3n) is 7.44. The molecule has 196 valence electrons. The molecule has 0 amide bonds. The minimum atomic E-state index is 1.16. The summed E-state index contributed by atoms with van der Waals surface area (Å²) < 4.78 is 0. The number of hydrogen-bond acceptors (Lipinski definition) is 2. The van der Waals surface area contributed by atoms with Crippen molar-refractivity contribution in [1.29, 1.82) is 0 Å². The van der Waals surface area contributed by atoms with E-state index in [4.69, 9.17) is 0 Å². The van der Waals surface area contributed by atoms with E-state index in [1.165, 1.54) is 50.3 Å². The molecule has 0 bridgehead atoms. The van der Waals surface area contributed by atoms with Gasteiger partial charge >= 0.3 is 0 Å². The number of nitrogens with zero attached hydrogens (tertiary/aromatic N) is 2. The standard InChI is InChI=1S/C37H38N2/c1-25-14-18-32(19-15-25)38(34-12-8-10-27(3)22-34)36-29(5)24-30(6)37(31(36)7)39(33-20-16-26(2)17-21-33)35-13-9-11-28(4)23-35/h8-24H,1-7H3. The summed E-state index contributed by atoms with van der Waals surface area (Å²) in [5, 5.41) is 0. The number of hydrogen-bond donors (Lipinski definition) is 0. The Morgan fingerprint density at radius 1 is 0.359 bits per heavy atom. The van der Waals surface area contributed by atoms with Gasteiger partial charge in [0.2, 0.25) is 0 Å². The summed E-state index contributed by atoms with van der Waals surface area (Å²) in [6.07, 6.45) is 0. The van der Waals surface area contributed by atoms with Crippen LogP contribution >= 0.6 is 0 Å². The van der Waals surface area contributed by atoms with Crippen LogP contribution in [-0.2, 0) is 0 Å². The van der Waals surface area contributed by atoms with Crippen LogP contribution in [0.3, 0.4) is 0 Å². The summed E-state index contributed by atoms with van der Waals surface area (Å²) in [4.78, 5) is 4.84. The Morgan fingerprint density at radius 2 is 0.744 bits per heavy atom. The molecule has 0 atom stereocenters. The van der Waals surface area contributed by atoms with Crippen LogP contribution in [0.4, 0.5) is 34.1 Å². The van der Waals surface area contributed by atoms with Crippen LogP contribution in [0.2, 0.25) is 0 Å². The van der Waals surface area contributed by atoms with Gasteiger partial charge < -0.3 is 9.80 Å². The molecule has 2 nitrogen and oxygen atoms in total. The van der Waals surface area contributed by atoms with E-state index >= 15 is 0 Å². The number of rotatable bonds is 6. The monoisotopic (exact) mass is 510 g/mol. The quantitative estimate of drug-likeness (QED) is 0.224. The molecule has 39 heavy (non-hydrogen) atoms. The summed E-state index contributed by atoms with van der Waals surface area (Å²) in [6.45, 7) is 15.4. The number of aryl methyl sites for hydroxylation is 6. The SMILES string of the molecule is Cc1ccc(N(c2cccc(C)c2)c2c(C)cc(C)c(N(c3ccc(C)cc3)c3cccc(C)c3)c2C)cc1. The smallest absolute Gasteiger partial charge is 0.0541 e. The van der Waals surface area contributed by atoms with E-state index in [0.29, 0.717) is 0 Å². The Hall–Kier alpha value is -4.30. The Bertz CT molecular complexity index is 1490. The molecule has 0 aliphatic heterocycles. The molecule has 0 spiro atoms. The van der Waals surface area contributed by atoms with Gasteiger partial charge in [-0.1, -0.05) is 65.7 Å².